The van der Waals surface area contributed by atoms with Gasteiger partial charge in [0, 0.05) is 6.04 Å². The minimum atomic E-state index is 0.482. The Morgan fingerprint density at radius 3 is 2.18 bits per heavy atom. The molecule has 0 aromatic heterocycles. The molecule has 2 saturated carbocycles. The quantitative estimate of drug-likeness (QED) is 0.748. The van der Waals surface area contributed by atoms with E-state index in [2.05, 4.69) is 13.8 Å². The van der Waals surface area contributed by atoms with Gasteiger partial charge in [-0.2, -0.15) is 0 Å². The van der Waals surface area contributed by atoms with Gasteiger partial charge in [0.05, 0.1) is 0 Å². The third-order valence-corrected chi connectivity index (χ3v) is 5.26. The molecule has 0 heterocycles. The van der Waals surface area contributed by atoms with Gasteiger partial charge in [0.1, 0.15) is 0 Å². The van der Waals surface area contributed by atoms with Crippen LogP contribution in [-0.4, -0.2) is 6.04 Å². The first-order valence-corrected chi connectivity index (χ1v) is 7.88. The highest BCUT2D eigenvalue weighted by Gasteiger charge is 2.40. The van der Waals surface area contributed by atoms with Crippen LogP contribution in [-0.2, 0) is 0 Å². The number of hydrogen-bond donors (Lipinski definition) is 1. The molecule has 2 fully saturated rings. The van der Waals surface area contributed by atoms with Crippen LogP contribution in [0.2, 0.25) is 0 Å². The van der Waals surface area contributed by atoms with Crippen molar-refractivity contribution in [3.05, 3.63) is 0 Å². The van der Waals surface area contributed by atoms with Crippen LogP contribution >= 0.6 is 0 Å². The van der Waals surface area contributed by atoms with Crippen molar-refractivity contribution >= 4 is 0 Å². The molecular formula is C16H31N. The van der Waals surface area contributed by atoms with E-state index in [-0.39, 0.29) is 0 Å². The van der Waals surface area contributed by atoms with Gasteiger partial charge in [0.15, 0.2) is 0 Å². The zero-order valence-electron chi connectivity index (χ0n) is 11.9. The summed E-state index contributed by atoms with van der Waals surface area (Å²) < 4.78 is 0. The maximum absolute atomic E-state index is 6.64. The van der Waals surface area contributed by atoms with Crippen molar-refractivity contribution in [1.82, 2.24) is 0 Å². The predicted molar refractivity (Wildman–Crippen MR) is 74.9 cm³/mol. The highest BCUT2D eigenvalue weighted by molar-refractivity contribution is 4.95. The fourth-order valence-corrected chi connectivity index (χ4v) is 4.47. The third kappa shape index (κ3) is 3.24. The topological polar surface area (TPSA) is 26.0 Å². The minimum absolute atomic E-state index is 0.482. The molecule has 0 aliphatic heterocycles. The second-order valence-electron chi connectivity index (χ2n) is 7.16. The van der Waals surface area contributed by atoms with Gasteiger partial charge in [-0.25, -0.2) is 0 Å². The minimum Gasteiger partial charge on any atom is -0.327 e. The van der Waals surface area contributed by atoms with Crippen LogP contribution in [0, 0.1) is 17.3 Å². The third-order valence-electron chi connectivity index (χ3n) is 5.26. The summed E-state index contributed by atoms with van der Waals surface area (Å²) in [6.45, 7) is 4.73. The van der Waals surface area contributed by atoms with E-state index in [4.69, 9.17) is 5.73 Å². The first-order chi connectivity index (χ1) is 8.12. The van der Waals surface area contributed by atoms with E-state index in [9.17, 15) is 0 Å². The molecule has 0 bridgehead atoms. The lowest BCUT2D eigenvalue weighted by Gasteiger charge is -2.38. The monoisotopic (exact) mass is 237 g/mol. The lowest BCUT2D eigenvalue weighted by Crippen LogP contribution is -2.42. The van der Waals surface area contributed by atoms with Crippen molar-refractivity contribution in [2.24, 2.45) is 23.0 Å². The van der Waals surface area contributed by atoms with E-state index < -0.39 is 0 Å². The molecule has 0 radical (unpaired) electrons. The summed E-state index contributed by atoms with van der Waals surface area (Å²) in [5.74, 6) is 1.76. The molecular weight excluding hydrogens is 206 g/mol. The SMILES string of the molecule is CC(C)CC1(C(N)CC2CCCC2)CCCC1. The summed E-state index contributed by atoms with van der Waals surface area (Å²) in [7, 11) is 0. The highest BCUT2D eigenvalue weighted by atomic mass is 14.7. The number of rotatable bonds is 5. The summed E-state index contributed by atoms with van der Waals surface area (Å²) in [5, 5.41) is 0. The van der Waals surface area contributed by atoms with Gasteiger partial charge >= 0.3 is 0 Å². The largest absolute Gasteiger partial charge is 0.327 e. The Bertz CT molecular complexity index is 222. The molecule has 0 aromatic rings. The Morgan fingerprint density at radius 2 is 1.65 bits per heavy atom. The average molecular weight is 237 g/mol. The Kier molecular flexibility index (Phi) is 4.52. The smallest absolute Gasteiger partial charge is 0.00982 e. The van der Waals surface area contributed by atoms with E-state index in [1.54, 1.807) is 0 Å². The lowest BCUT2D eigenvalue weighted by atomic mass is 9.70. The van der Waals surface area contributed by atoms with E-state index >= 15 is 0 Å². The van der Waals surface area contributed by atoms with Gasteiger partial charge in [-0.15, -0.1) is 0 Å². The molecule has 1 nitrogen and oxygen atoms in total. The summed E-state index contributed by atoms with van der Waals surface area (Å²) >= 11 is 0. The molecule has 2 N–H and O–H groups in total. The van der Waals surface area contributed by atoms with Gasteiger partial charge in [0.2, 0.25) is 0 Å². The fourth-order valence-electron chi connectivity index (χ4n) is 4.47. The zero-order valence-corrected chi connectivity index (χ0v) is 11.9. The molecule has 0 aromatic carbocycles. The summed E-state index contributed by atoms with van der Waals surface area (Å²) in [4.78, 5) is 0. The standard InChI is InChI=1S/C16H31N/c1-13(2)12-16(9-5-6-10-16)15(17)11-14-7-3-4-8-14/h13-15H,3-12,17H2,1-2H3. The molecule has 2 aliphatic carbocycles. The second-order valence-corrected chi connectivity index (χ2v) is 7.16. The maximum atomic E-state index is 6.64. The van der Waals surface area contributed by atoms with Gasteiger partial charge in [0.25, 0.3) is 0 Å². The van der Waals surface area contributed by atoms with E-state index in [0.29, 0.717) is 11.5 Å². The van der Waals surface area contributed by atoms with Crippen molar-refractivity contribution in [2.45, 2.75) is 84.1 Å². The molecule has 1 heteroatoms. The van der Waals surface area contributed by atoms with Crippen LogP contribution in [0.25, 0.3) is 0 Å². The maximum Gasteiger partial charge on any atom is 0.00982 e. The normalized spacial score (nSPS) is 26.8. The zero-order chi connectivity index (χ0) is 12.3. The first-order valence-electron chi connectivity index (χ1n) is 7.88. The summed E-state index contributed by atoms with van der Waals surface area (Å²) in [6.07, 6.45) is 14.1. The van der Waals surface area contributed by atoms with Gasteiger partial charge in [-0.1, -0.05) is 52.4 Å². The molecule has 100 valence electrons. The first kappa shape index (κ1) is 13.4. The molecule has 1 unspecified atom stereocenters. The predicted octanol–water partition coefficient (Wildman–Crippen LogP) is 4.50. The second kappa shape index (κ2) is 5.73. The van der Waals surface area contributed by atoms with Crippen molar-refractivity contribution in [3.63, 3.8) is 0 Å². The van der Waals surface area contributed by atoms with Crippen LogP contribution < -0.4 is 5.73 Å². The molecule has 2 rings (SSSR count). The van der Waals surface area contributed by atoms with Crippen LogP contribution in [0.15, 0.2) is 0 Å². The lowest BCUT2D eigenvalue weighted by molar-refractivity contribution is 0.161. The number of hydrogen-bond acceptors (Lipinski definition) is 1. The van der Waals surface area contributed by atoms with Crippen LogP contribution in [0.1, 0.15) is 78.1 Å². The molecule has 0 saturated heterocycles. The summed E-state index contributed by atoms with van der Waals surface area (Å²) in [5.41, 5.74) is 7.15. The number of nitrogens with two attached hydrogens (primary N) is 1. The molecule has 0 amide bonds. The van der Waals surface area contributed by atoms with Crippen LogP contribution in [0.3, 0.4) is 0 Å². The molecule has 0 spiro atoms. The van der Waals surface area contributed by atoms with Crippen molar-refractivity contribution in [3.8, 4) is 0 Å². The Balaban J connectivity index is 1.94. The van der Waals surface area contributed by atoms with E-state index in [1.165, 1.54) is 64.2 Å². The van der Waals surface area contributed by atoms with Gasteiger partial charge < -0.3 is 5.73 Å². The van der Waals surface area contributed by atoms with E-state index in [0.717, 1.165) is 11.8 Å². The van der Waals surface area contributed by atoms with Gasteiger partial charge in [-0.3, -0.25) is 0 Å². The van der Waals surface area contributed by atoms with Crippen LogP contribution in [0.5, 0.6) is 0 Å². The van der Waals surface area contributed by atoms with Crippen LogP contribution in [0.4, 0.5) is 0 Å². The van der Waals surface area contributed by atoms with E-state index in [1.807, 2.05) is 0 Å². The Hall–Kier alpha value is -0.0400. The van der Waals surface area contributed by atoms with Crippen molar-refractivity contribution in [1.29, 1.82) is 0 Å². The Morgan fingerprint density at radius 1 is 1.06 bits per heavy atom. The molecule has 17 heavy (non-hydrogen) atoms. The fraction of sp³-hybridized carbons (Fsp3) is 1.00. The van der Waals surface area contributed by atoms with Crippen molar-refractivity contribution in [2.75, 3.05) is 0 Å². The average Bonchev–Trinajstić information content (AvgIpc) is 2.88. The van der Waals surface area contributed by atoms with Crippen molar-refractivity contribution < 1.29 is 0 Å². The molecule has 1 atom stereocenters. The summed E-state index contributed by atoms with van der Waals surface area (Å²) in [6, 6.07) is 0.482. The van der Waals surface area contributed by atoms with Gasteiger partial charge in [-0.05, 0) is 42.9 Å². The Labute approximate surface area is 108 Å². The highest BCUT2D eigenvalue weighted by Crippen LogP contribution is 2.47. The molecule has 2 aliphatic rings.